The zero-order chi connectivity index (χ0) is 19.6. The Hall–Kier alpha value is -2.64. The number of rotatable bonds is 5. The maximum Gasteiger partial charge on any atom is 0.262 e. The van der Waals surface area contributed by atoms with Crippen LogP contribution in [-0.4, -0.2) is 17.5 Å². The third kappa shape index (κ3) is 4.56. The Balaban J connectivity index is 1.63. The predicted molar refractivity (Wildman–Crippen MR) is 111 cm³/mol. The first-order valence-corrected chi connectivity index (χ1v) is 9.49. The molecule has 1 heterocycles. The number of aromatic nitrogens is 1. The summed E-state index contributed by atoms with van der Waals surface area (Å²) in [6, 6.07) is 11.6. The van der Waals surface area contributed by atoms with Gasteiger partial charge in [-0.3, -0.25) is 10.2 Å². The molecule has 142 valence electrons. The second-order valence-electron chi connectivity index (χ2n) is 7.41. The zero-order valence-electron chi connectivity index (χ0n) is 15.9. The van der Waals surface area contributed by atoms with Crippen molar-refractivity contribution < 1.29 is 9.53 Å². The fourth-order valence-corrected chi connectivity index (χ4v) is 3.62. The van der Waals surface area contributed by atoms with Crippen LogP contribution in [0, 0.1) is 6.92 Å². The number of ether oxygens (including phenoxy) is 1. The van der Waals surface area contributed by atoms with Crippen LogP contribution < -0.4 is 21.3 Å². The molecule has 27 heavy (non-hydrogen) atoms. The lowest BCUT2D eigenvalue weighted by molar-refractivity contribution is -0.118. The Morgan fingerprint density at radius 2 is 1.93 bits per heavy atom. The fraction of sp³-hybridized carbons (Fsp3) is 0.300. The van der Waals surface area contributed by atoms with Crippen LogP contribution in [0.4, 0.5) is 10.8 Å². The van der Waals surface area contributed by atoms with Gasteiger partial charge in [0.05, 0.1) is 10.2 Å². The molecular formula is C20H24N4O2S. The van der Waals surface area contributed by atoms with Crippen LogP contribution in [0.2, 0.25) is 0 Å². The molecule has 0 radical (unpaired) electrons. The predicted octanol–water partition coefficient (Wildman–Crippen LogP) is 4.21. The molecule has 0 atom stereocenters. The summed E-state index contributed by atoms with van der Waals surface area (Å²) in [6.07, 6.45) is 0. The van der Waals surface area contributed by atoms with E-state index >= 15 is 0 Å². The Morgan fingerprint density at radius 1 is 1.22 bits per heavy atom. The molecule has 3 aromatic rings. The Bertz CT molecular complexity index is 959. The number of benzene rings is 2. The summed E-state index contributed by atoms with van der Waals surface area (Å²) in [7, 11) is 0. The lowest BCUT2D eigenvalue weighted by Crippen LogP contribution is -2.20. The first-order valence-electron chi connectivity index (χ1n) is 8.67. The van der Waals surface area contributed by atoms with E-state index in [0.29, 0.717) is 16.6 Å². The van der Waals surface area contributed by atoms with Crippen LogP contribution in [0.5, 0.6) is 5.75 Å². The average molecular weight is 385 g/mol. The van der Waals surface area contributed by atoms with Gasteiger partial charge in [-0.25, -0.2) is 10.8 Å². The monoisotopic (exact) mass is 384 g/mol. The van der Waals surface area contributed by atoms with E-state index < -0.39 is 0 Å². The fourth-order valence-electron chi connectivity index (χ4n) is 2.73. The van der Waals surface area contributed by atoms with Gasteiger partial charge in [0.1, 0.15) is 5.75 Å². The van der Waals surface area contributed by atoms with Crippen molar-refractivity contribution in [2.24, 2.45) is 5.84 Å². The number of nitrogen functional groups attached to an aromatic ring is 1. The smallest absolute Gasteiger partial charge is 0.262 e. The van der Waals surface area contributed by atoms with E-state index in [4.69, 9.17) is 10.6 Å². The number of fused-ring (bicyclic) bond motifs is 1. The van der Waals surface area contributed by atoms with E-state index in [0.717, 1.165) is 15.8 Å². The van der Waals surface area contributed by atoms with Crippen LogP contribution >= 0.6 is 11.3 Å². The molecule has 2 aromatic carbocycles. The van der Waals surface area contributed by atoms with E-state index in [2.05, 4.69) is 36.5 Å². The van der Waals surface area contributed by atoms with Crippen molar-refractivity contribution in [1.29, 1.82) is 0 Å². The van der Waals surface area contributed by atoms with Crippen LogP contribution in [0.3, 0.4) is 0 Å². The number of hydrogen-bond acceptors (Lipinski definition) is 6. The van der Waals surface area contributed by atoms with Gasteiger partial charge in [0, 0.05) is 5.69 Å². The van der Waals surface area contributed by atoms with Crippen molar-refractivity contribution in [2.45, 2.75) is 33.1 Å². The van der Waals surface area contributed by atoms with Gasteiger partial charge in [0.2, 0.25) is 0 Å². The maximum absolute atomic E-state index is 12.2. The molecular weight excluding hydrogens is 360 g/mol. The third-order valence-electron chi connectivity index (χ3n) is 4.18. The van der Waals surface area contributed by atoms with Crippen LogP contribution in [0.1, 0.15) is 31.9 Å². The van der Waals surface area contributed by atoms with Crippen molar-refractivity contribution in [2.75, 3.05) is 17.3 Å². The number of thiazole rings is 1. The number of amides is 1. The summed E-state index contributed by atoms with van der Waals surface area (Å²) in [5.41, 5.74) is 6.42. The largest absolute Gasteiger partial charge is 0.484 e. The van der Waals surface area contributed by atoms with Gasteiger partial charge in [-0.2, -0.15) is 0 Å². The van der Waals surface area contributed by atoms with E-state index in [-0.39, 0.29) is 17.9 Å². The molecule has 7 heteroatoms. The van der Waals surface area contributed by atoms with E-state index in [1.165, 1.54) is 16.9 Å². The number of nitrogens with one attached hydrogen (secondary N) is 2. The summed E-state index contributed by atoms with van der Waals surface area (Å²) in [5, 5.41) is 3.51. The first kappa shape index (κ1) is 19.1. The molecule has 0 saturated carbocycles. The molecule has 0 spiro atoms. The highest BCUT2D eigenvalue weighted by atomic mass is 32.1. The lowest BCUT2D eigenvalue weighted by Gasteiger charge is -2.19. The topological polar surface area (TPSA) is 89.3 Å². The number of carbonyl (C=O) groups excluding carboxylic acids is 1. The molecule has 0 unspecified atom stereocenters. The highest BCUT2D eigenvalue weighted by molar-refractivity contribution is 7.22. The Kier molecular flexibility index (Phi) is 5.34. The summed E-state index contributed by atoms with van der Waals surface area (Å²) in [5.74, 6) is 5.88. The molecule has 1 aromatic heterocycles. The lowest BCUT2D eigenvalue weighted by atomic mass is 9.87. The molecule has 0 aliphatic rings. The first-order chi connectivity index (χ1) is 12.8. The molecule has 0 aliphatic heterocycles. The van der Waals surface area contributed by atoms with Crippen LogP contribution in [0.15, 0.2) is 36.4 Å². The molecule has 4 N–H and O–H groups in total. The van der Waals surface area contributed by atoms with Crippen molar-refractivity contribution >= 4 is 38.3 Å². The van der Waals surface area contributed by atoms with E-state index in [1.807, 2.05) is 43.3 Å². The summed E-state index contributed by atoms with van der Waals surface area (Å²) in [6.45, 7) is 8.37. The number of nitrogens with zero attached hydrogens (tertiary/aromatic N) is 1. The van der Waals surface area contributed by atoms with Crippen molar-refractivity contribution in [3.63, 3.8) is 0 Å². The summed E-state index contributed by atoms with van der Waals surface area (Å²) < 4.78 is 6.55. The average Bonchev–Trinajstić information content (AvgIpc) is 3.03. The molecule has 3 rings (SSSR count). The zero-order valence-corrected chi connectivity index (χ0v) is 16.7. The minimum absolute atomic E-state index is 0.0513. The van der Waals surface area contributed by atoms with Gasteiger partial charge in [-0.1, -0.05) is 44.2 Å². The van der Waals surface area contributed by atoms with E-state index in [1.54, 1.807) is 0 Å². The van der Waals surface area contributed by atoms with Gasteiger partial charge in [-0.05, 0) is 47.7 Å². The highest BCUT2D eigenvalue weighted by Gasteiger charge is 2.13. The second-order valence-corrected chi connectivity index (χ2v) is 8.45. The van der Waals surface area contributed by atoms with Crippen molar-refractivity contribution in [3.8, 4) is 5.75 Å². The van der Waals surface area contributed by atoms with Crippen molar-refractivity contribution in [3.05, 3.63) is 47.5 Å². The van der Waals surface area contributed by atoms with Crippen LogP contribution in [-0.2, 0) is 10.2 Å². The van der Waals surface area contributed by atoms with Gasteiger partial charge in [-0.15, -0.1) is 0 Å². The maximum atomic E-state index is 12.2. The molecule has 6 nitrogen and oxygen atoms in total. The van der Waals surface area contributed by atoms with Crippen molar-refractivity contribution in [1.82, 2.24) is 4.98 Å². The Morgan fingerprint density at radius 3 is 2.56 bits per heavy atom. The number of nitrogens with two attached hydrogens (primary N) is 1. The standard InChI is InChI=1S/C20H24N4O2S/c1-12-9-14(10-16-18(12)23-19(24-21)27-16)22-17(25)11-26-15-7-5-13(6-8-15)20(2,3)4/h5-10H,11,21H2,1-4H3,(H,22,25)(H,23,24). The normalized spacial score (nSPS) is 11.4. The number of hydrogen-bond donors (Lipinski definition) is 3. The summed E-state index contributed by atoms with van der Waals surface area (Å²) in [4.78, 5) is 16.6. The molecule has 1 amide bonds. The van der Waals surface area contributed by atoms with Gasteiger partial charge in [0.25, 0.3) is 5.91 Å². The molecule has 0 saturated heterocycles. The third-order valence-corrected chi connectivity index (χ3v) is 5.12. The number of carbonyl (C=O) groups is 1. The molecule has 0 bridgehead atoms. The number of anilines is 2. The number of aryl methyl sites for hydroxylation is 1. The highest BCUT2D eigenvalue weighted by Crippen LogP contribution is 2.30. The van der Waals surface area contributed by atoms with Gasteiger partial charge >= 0.3 is 0 Å². The number of hydrazine groups is 1. The quantitative estimate of drug-likeness (QED) is 0.453. The SMILES string of the molecule is Cc1cc(NC(=O)COc2ccc(C(C)(C)C)cc2)cc2sc(NN)nc12. The molecule has 0 aliphatic carbocycles. The minimum atomic E-state index is -0.213. The molecule has 0 fully saturated rings. The van der Waals surface area contributed by atoms with Gasteiger partial charge in [0.15, 0.2) is 11.7 Å². The minimum Gasteiger partial charge on any atom is -0.484 e. The Labute approximate surface area is 162 Å². The summed E-state index contributed by atoms with van der Waals surface area (Å²) >= 11 is 1.44. The second kappa shape index (κ2) is 7.54. The van der Waals surface area contributed by atoms with E-state index in [9.17, 15) is 4.79 Å². The van der Waals surface area contributed by atoms with Gasteiger partial charge < -0.3 is 10.1 Å². The van der Waals surface area contributed by atoms with Crippen LogP contribution in [0.25, 0.3) is 10.2 Å².